The van der Waals surface area contributed by atoms with Crippen LogP contribution in [-0.4, -0.2) is 35.9 Å². The number of aromatic nitrogens is 1. The summed E-state index contributed by atoms with van der Waals surface area (Å²) in [6, 6.07) is 8.17. The number of hydrogen-bond donors (Lipinski definition) is 3. The second kappa shape index (κ2) is 11.7. The molecule has 0 spiro atoms. The summed E-state index contributed by atoms with van der Waals surface area (Å²) in [6.07, 6.45) is -0.604. The smallest absolute Gasteiger partial charge is 0.191 e. The van der Waals surface area contributed by atoms with Crippen LogP contribution >= 0.6 is 24.0 Å². The van der Waals surface area contributed by atoms with Crippen LogP contribution < -0.4 is 10.6 Å². The number of benzene rings is 1. The van der Waals surface area contributed by atoms with Crippen LogP contribution in [0.25, 0.3) is 0 Å². The molecule has 0 amide bonds. The quantitative estimate of drug-likeness (QED) is 0.278. The Morgan fingerprint density at radius 2 is 1.80 bits per heavy atom. The van der Waals surface area contributed by atoms with E-state index in [1.807, 2.05) is 32.9 Å². The van der Waals surface area contributed by atoms with Crippen LogP contribution in [0.5, 0.6) is 0 Å². The minimum atomic E-state index is -0.604. The fourth-order valence-corrected chi connectivity index (χ4v) is 3.37. The molecule has 168 valence electrons. The number of aliphatic hydroxyl groups is 1. The third-order valence-electron chi connectivity index (χ3n) is 5.07. The Balaban J connectivity index is 0.00000450. The second-order valence-electron chi connectivity index (χ2n) is 8.63. The van der Waals surface area contributed by atoms with E-state index in [4.69, 9.17) is 4.52 Å². The summed E-state index contributed by atoms with van der Waals surface area (Å²) >= 11 is 0. The molecule has 2 atom stereocenters. The van der Waals surface area contributed by atoms with E-state index in [0.717, 1.165) is 29.1 Å². The first-order valence-electron chi connectivity index (χ1n) is 10.4. The standard InChI is InChI=1S/C23H36N4O2.HI/c1-8-24-22(25-13-15(2)21-16(3)27-29-17(21)4)26-14-20(28)18-9-11-19(12-10-18)23(5,6)7;/h9-12,15,20,28H,8,13-14H2,1-7H3,(H2,24,25,26);1H. The molecule has 0 radical (unpaired) electrons. The number of nitrogens with zero attached hydrogens (tertiary/aromatic N) is 2. The Hall–Kier alpha value is -1.61. The second-order valence-corrected chi connectivity index (χ2v) is 8.63. The van der Waals surface area contributed by atoms with Gasteiger partial charge in [-0.15, -0.1) is 24.0 Å². The van der Waals surface area contributed by atoms with Crippen molar-refractivity contribution >= 4 is 29.9 Å². The summed E-state index contributed by atoms with van der Waals surface area (Å²) < 4.78 is 5.27. The van der Waals surface area contributed by atoms with Gasteiger partial charge in [0.2, 0.25) is 0 Å². The molecule has 2 rings (SSSR count). The third-order valence-corrected chi connectivity index (χ3v) is 5.07. The van der Waals surface area contributed by atoms with Crippen LogP contribution in [0.2, 0.25) is 0 Å². The summed E-state index contributed by atoms with van der Waals surface area (Å²) in [5, 5.41) is 21.1. The molecule has 1 heterocycles. The van der Waals surface area contributed by atoms with Gasteiger partial charge in [0.1, 0.15) is 5.76 Å². The lowest BCUT2D eigenvalue weighted by Gasteiger charge is -2.20. The Kier molecular flexibility index (Phi) is 10.3. The van der Waals surface area contributed by atoms with Gasteiger partial charge >= 0.3 is 0 Å². The number of aliphatic imine (C=N–C) groups is 1. The molecule has 0 bridgehead atoms. The number of aryl methyl sites for hydroxylation is 2. The lowest BCUT2D eigenvalue weighted by molar-refractivity contribution is 0.181. The molecule has 1 aromatic heterocycles. The first kappa shape index (κ1) is 26.4. The molecule has 30 heavy (non-hydrogen) atoms. The third kappa shape index (κ3) is 7.27. The van der Waals surface area contributed by atoms with E-state index in [2.05, 4.69) is 60.6 Å². The van der Waals surface area contributed by atoms with E-state index in [1.54, 1.807) is 0 Å². The van der Waals surface area contributed by atoms with Crippen LogP contribution in [0.4, 0.5) is 0 Å². The minimum Gasteiger partial charge on any atom is -0.387 e. The maximum atomic E-state index is 10.6. The summed E-state index contributed by atoms with van der Waals surface area (Å²) in [6.45, 7) is 16.3. The van der Waals surface area contributed by atoms with Gasteiger partial charge < -0.3 is 20.3 Å². The maximum absolute atomic E-state index is 10.6. The van der Waals surface area contributed by atoms with E-state index in [-0.39, 0.29) is 35.3 Å². The van der Waals surface area contributed by atoms with Crippen molar-refractivity contribution < 1.29 is 9.63 Å². The normalized spacial score (nSPS) is 14.1. The van der Waals surface area contributed by atoms with Crippen LogP contribution in [0, 0.1) is 13.8 Å². The molecule has 0 aliphatic carbocycles. The molecule has 3 N–H and O–H groups in total. The lowest BCUT2D eigenvalue weighted by Crippen LogP contribution is -2.39. The Labute approximate surface area is 197 Å². The highest BCUT2D eigenvalue weighted by Gasteiger charge is 2.17. The zero-order valence-corrected chi connectivity index (χ0v) is 21.6. The maximum Gasteiger partial charge on any atom is 0.191 e. The number of rotatable bonds is 7. The molecule has 0 aliphatic rings. The molecular formula is C23H37IN4O2. The van der Waals surface area contributed by atoms with E-state index in [9.17, 15) is 5.11 Å². The molecular weight excluding hydrogens is 491 g/mol. The SMILES string of the molecule is CCNC(=NCC(C)c1c(C)noc1C)NCC(O)c1ccc(C(C)(C)C)cc1.I. The van der Waals surface area contributed by atoms with Gasteiger partial charge in [-0.1, -0.05) is 57.1 Å². The van der Waals surface area contributed by atoms with Crippen molar-refractivity contribution in [1.29, 1.82) is 0 Å². The van der Waals surface area contributed by atoms with Gasteiger partial charge in [0, 0.05) is 31.1 Å². The van der Waals surface area contributed by atoms with Gasteiger partial charge in [-0.3, -0.25) is 4.99 Å². The Morgan fingerprint density at radius 3 is 2.30 bits per heavy atom. The van der Waals surface area contributed by atoms with Gasteiger partial charge in [-0.25, -0.2) is 0 Å². The van der Waals surface area contributed by atoms with Crippen molar-refractivity contribution in [3.8, 4) is 0 Å². The summed E-state index contributed by atoms with van der Waals surface area (Å²) in [4.78, 5) is 4.68. The van der Waals surface area contributed by atoms with Crippen molar-refractivity contribution in [2.24, 2.45) is 4.99 Å². The monoisotopic (exact) mass is 528 g/mol. The van der Waals surface area contributed by atoms with E-state index < -0.39 is 6.10 Å². The van der Waals surface area contributed by atoms with Gasteiger partial charge in [-0.05, 0) is 37.3 Å². The van der Waals surface area contributed by atoms with Gasteiger partial charge in [0.25, 0.3) is 0 Å². The average Bonchev–Trinajstić information content (AvgIpc) is 3.01. The van der Waals surface area contributed by atoms with Crippen LogP contribution in [0.1, 0.15) is 74.8 Å². The molecule has 0 saturated carbocycles. The van der Waals surface area contributed by atoms with Crippen molar-refractivity contribution in [2.75, 3.05) is 19.6 Å². The van der Waals surface area contributed by atoms with Gasteiger partial charge in [-0.2, -0.15) is 0 Å². The summed E-state index contributed by atoms with van der Waals surface area (Å²) in [5.41, 5.74) is 4.28. The Morgan fingerprint density at radius 1 is 1.17 bits per heavy atom. The number of halogens is 1. The fraction of sp³-hybridized carbons (Fsp3) is 0.565. The van der Waals surface area contributed by atoms with Crippen molar-refractivity contribution in [3.63, 3.8) is 0 Å². The average molecular weight is 528 g/mol. The first-order chi connectivity index (χ1) is 13.6. The lowest BCUT2D eigenvalue weighted by atomic mass is 9.86. The predicted octanol–water partition coefficient (Wildman–Crippen LogP) is 4.60. The molecule has 2 unspecified atom stereocenters. The highest BCUT2D eigenvalue weighted by atomic mass is 127. The van der Waals surface area contributed by atoms with Crippen LogP contribution in [-0.2, 0) is 5.41 Å². The largest absolute Gasteiger partial charge is 0.387 e. The molecule has 0 aliphatic heterocycles. The minimum absolute atomic E-state index is 0. The number of aliphatic hydroxyl groups excluding tert-OH is 1. The zero-order valence-electron chi connectivity index (χ0n) is 19.2. The fourth-order valence-electron chi connectivity index (χ4n) is 3.37. The van der Waals surface area contributed by atoms with E-state index >= 15 is 0 Å². The van der Waals surface area contributed by atoms with Crippen molar-refractivity contribution in [3.05, 3.63) is 52.4 Å². The van der Waals surface area contributed by atoms with Gasteiger partial charge in [0.05, 0.1) is 11.8 Å². The van der Waals surface area contributed by atoms with Gasteiger partial charge in [0.15, 0.2) is 5.96 Å². The molecule has 6 nitrogen and oxygen atoms in total. The van der Waals surface area contributed by atoms with E-state index in [0.29, 0.717) is 19.0 Å². The predicted molar refractivity (Wildman–Crippen MR) is 134 cm³/mol. The number of nitrogens with one attached hydrogen (secondary N) is 2. The molecule has 1 aromatic carbocycles. The van der Waals surface area contributed by atoms with E-state index in [1.165, 1.54) is 5.56 Å². The van der Waals surface area contributed by atoms with Crippen molar-refractivity contribution in [1.82, 2.24) is 15.8 Å². The highest BCUT2D eigenvalue weighted by molar-refractivity contribution is 14.0. The molecule has 2 aromatic rings. The molecule has 0 fully saturated rings. The molecule has 7 heteroatoms. The number of guanidine groups is 1. The van der Waals surface area contributed by atoms with Crippen LogP contribution in [0.3, 0.4) is 0 Å². The topological polar surface area (TPSA) is 82.7 Å². The summed E-state index contributed by atoms with van der Waals surface area (Å²) in [5.74, 6) is 1.74. The highest BCUT2D eigenvalue weighted by Crippen LogP contribution is 2.24. The van der Waals surface area contributed by atoms with Crippen molar-refractivity contribution in [2.45, 2.75) is 65.9 Å². The molecule has 0 saturated heterocycles. The zero-order chi connectivity index (χ0) is 21.6. The first-order valence-corrected chi connectivity index (χ1v) is 10.4. The number of hydrogen-bond acceptors (Lipinski definition) is 4. The Bertz CT molecular complexity index is 790. The summed E-state index contributed by atoms with van der Waals surface area (Å²) in [7, 11) is 0. The van der Waals surface area contributed by atoms with Crippen LogP contribution in [0.15, 0.2) is 33.8 Å².